The van der Waals surface area contributed by atoms with E-state index in [-0.39, 0.29) is 13.2 Å². The van der Waals surface area contributed by atoms with E-state index >= 15 is 0 Å². The van der Waals surface area contributed by atoms with Gasteiger partial charge in [0, 0.05) is 12.5 Å². The highest BCUT2D eigenvalue weighted by Gasteiger charge is 2.05. The third kappa shape index (κ3) is 2.38. The Bertz CT molecular complexity index is 468. The number of nitrogens with zero attached hydrogens (tertiary/aromatic N) is 2. The standard InChI is InChI=1S/C11H12N2O3/c1-8-12-11(13-16-8)7-15-10-5-3-2-4-9(10)6-14/h2-5,14H,6-7H2,1H3. The van der Waals surface area contributed by atoms with E-state index in [0.717, 1.165) is 5.56 Å². The molecule has 0 spiro atoms. The number of para-hydroxylation sites is 1. The van der Waals surface area contributed by atoms with Gasteiger partial charge in [-0.3, -0.25) is 0 Å². The van der Waals surface area contributed by atoms with Gasteiger partial charge in [0.25, 0.3) is 0 Å². The molecule has 16 heavy (non-hydrogen) atoms. The molecule has 2 rings (SSSR count). The maximum atomic E-state index is 9.09. The lowest BCUT2D eigenvalue weighted by molar-refractivity contribution is 0.253. The zero-order chi connectivity index (χ0) is 11.4. The minimum Gasteiger partial charge on any atom is -0.485 e. The quantitative estimate of drug-likeness (QED) is 0.844. The van der Waals surface area contributed by atoms with Crippen LogP contribution in [0, 0.1) is 6.92 Å². The van der Waals surface area contributed by atoms with Crippen LogP contribution in [0.5, 0.6) is 5.75 Å². The summed E-state index contributed by atoms with van der Waals surface area (Å²) in [6.07, 6.45) is 0. The maximum absolute atomic E-state index is 9.09. The van der Waals surface area contributed by atoms with Crippen molar-refractivity contribution < 1.29 is 14.4 Å². The summed E-state index contributed by atoms with van der Waals surface area (Å²) in [5.41, 5.74) is 0.739. The zero-order valence-corrected chi connectivity index (χ0v) is 8.88. The predicted octanol–water partition coefficient (Wildman–Crippen LogP) is 1.45. The van der Waals surface area contributed by atoms with Gasteiger partial charge >= 0.3 is 0 Å². The zero-order valence-electron chi connectivity index (χ0n) is 8.88. The highest BCUT2D eigenvalue weighted by Crippen LogP contribution is 2.18. The van der Waals surface area contributed by atoms with Crippen LogP contribution in [0.25, 0.3) is 0 Å². The van der Waals surface area contributed by atoms with Crippen LogP contribution in [0.4, 0.5) is 0 Å². The molecule has 5 heteroatoms. The molecule has 2 aromatic rings. The van der Waals surface area contributed by atoms with Gasteiger partial charge in [-0.2, -0.15) is 4.98 Å². The summed E-state index contributed by atoms with van der Waals surface area (Å²) in [7, 11) is 0. The van der Waals surface area contributed by atoms with Gasteiger partial charge in [0.2, 0.25) is 11.7 Å². The molecule has 1 heterocycles. The Kier molecular flexibility index (Phi) is 3.16. The summed E-state index contributed by atoms with van der Waals surface area (Å²) in [6.45, 7) is 1.90. The molecular weight excluding hydrogens is 208 g/mol. The number of hydrogen-bond acceptors (Lipinski definition) is 5. The Hall–Kier alpha value is -1.88. The maximum Gasteiger partial charge on any atom is 0.223 e. The number of benzene rings is 1. The molecule has 0 fully saturated rings. The van der Waals surface area contributed by atoms with E-state index in [1.54, 1.807) is 19.1 Å². The predicted molar refractivity (Wildman–Crippen MR) is 55.7 cm³/mol. The van der Waals surface area contributed by atoms with Gasteiger partial charge in [-0.25, -0.2) is 0 Å². The Morgan fingerprint density at radius 2 is 2.19 bits per heavy atom. The molecule has 0 saturated carbocycles. The Labute approximate surface area is 92.7 Å². The van der Waals surface area contributed by atoms with Crippen molar-refractivity contribution in [2.75, 3.05) is 0 Å². The summed E-state index contributed by atoms with van der Waals surface area (Å²) in [5, 5.41) is 12.8. The molecule has 0 aliphatic carbocycles. The topological polar surface area (TPSA) is 68.4 Å². The van der Waals surface area contributed by atoms with E-state index in [4.69, 9.17) is 14.4 Å². The summed E-state index contributed by atoms with van der Waals surface area (Å²) >= 11 is 0. The first-order valence-corrected chi connectivity index (χ1v) is 4.90. The second kappa shape index (κ2) is 4.76. The molecule has 84 valence electrons. The van der Waals surface area contributed by atoms with Crippen molar-refractivity contribution in [2.45, 2.75) is 20.1 Å². The molecule has 0 radical (unpaired) electrons. The first-order chi connectivity index (χ1) is 7.79. The first-order valence-electron chi connectivity index (χ1n) is 4.90. The Morgan fingerprint density at radius 1 is 1.38 bits per heavy atom. The second-order valence-corrected chi connectivity index (χ2v) is 3.28. The highest BCUT2D eigenvalue weighted by molar-refractivity contribution is 5.32. The molecule has 0 bridgehead atoms. The number of aromatic nitrogens is 2. The fourth-order valence-corrected chi connectivity index (χ4v) is 1.32. The molecule has 0 unspecified atom stereocenters. The third-order valence-electron chi connectivity index (χ3n) is 2.07. The lowest BCUT2D eigenvalue weighted by atomic mass is 10.2. The lowest BCUT2D eigenvalue weighted by Gasteiger charge is -2.07. The SMILES string of the molecule is Cc1nc(COc2ccccc2CO)no1. The fraction of sp³-hybridized carbons (Fsp3) is 0.273. The van der Waals surface area contributed by atoms with E-state index in [0.29, 0.717) is 17.5 Å². The largest absolute Gasteiger partial charge is 0.485 e. The van der Waals surface area contributed by atoms with Gasteiger partial charge in [-0.05, 0) is 6.07 Å². The van der Waals surface area contributed by atoms with Gasteiger partial charge in [-0.1, -0.05) is 23.4 Å². The van der Waals surface area contributed by atoms with E-state index in [1.165, 1.54) is 0 Å². The van der Waals surface area contributed by atoms with Gasteiger partial charge in [0.1, 0.15) is 5.75 Å². The van der Waals surface area contributed by atoms with Crippen LogP contribution in [0.2, 0.25) is 0 Å². The van der Waals surface area contributed by atoms with Gasteiger partial charge in [-0.15, -0.1) is 0 Å². The van der Waals surface area contributed by atoms with Gasteiger partial charge < -0.3 is 14.4 Å². The lowest BCUT2D eigenvalue weighted by Crippen LogP contribution is -2.00. The molecule has 5 nitrogen and oxygen atoms in total. The van der Waals surface area contributed by atoms with Crippen LogP contribution in [-0.4, -0.2) is 15.2 Å². The average molecular weight is 220 g/mol. The molecule has 0 aliphatic rings. The molecule has 1 N–H and O–H groups in total. The summed E-state index contributed by atoms with van der Waals surface area (Å²) in [4.78, 5) is 4.02. The van der Waals surface area contributed by atoms with Crippen molar-refractivity contribution in [3.63, 3.8) is 0 Å². The Morgan fingerprint density at radius 3 is 2.88 bits per heavy atom. The van der Waals surface area contributed by atoms with Crippen molar-refractivity contribution >= 4 is 0 Å². The smallest absolute Gasteiger partial charge is 0.223 e. The first kappa shape index (κ1) is 10.6. The van der Waals surface area contributed by atoms with Crippen molar-refractivity contribution in [3.8, 4) is 5.75 Å². The van der Waals surface area contributed by atoms with Crippen molar-refractivity contribution in [2.24, 2.45) is 0 Å². The molecular formula is C11H12N2O3. The van der Waals surface area contributed by atoms with E-state index in [1.807, 2.05) is 12.1 Å². The van der Waals surface area contributed by atoms with Gasteiger partial charge in [0.05, 0.1) is 6.61 Å². The summed E-state index contributed by atoms with van der Waals surface area (Å²) in [6, 6.07) is 7.28. The highest BCUT2D eigenvalue weighted by atomic mass is 16.5. The molecule has 1 aromatic carbocycles. The number of ether oxygens (including phenoxy) is 1. The van der Waals surface area contributed by atoms with Crippen LogP contribution < -0.4 is 4.74 Å². The van der Waals surface area contributed by atoms with Crippen molar-refractivity contribution in [1.82, 2.24) is 10.1 Å². The fourth-order valence-electron chi connectivity index (χ4n) is 1.32. The van der Waals surface area contributed by atoms with Crippen molar-refractivity contribution in [3.05, 3.63) is 41.5 Å². The third-order valence-corrected chi connectivity index (χ3v) is 2.07. The molecule has 0 saturated heterocycles. The molecule has 0 aliphatic heterocycles. The van der Waals surface area contributed by atoms with Gasteiger partial charge in [0.15, 0.2) is 6.61 Å². The van der Waals surface area contributed by atoms with Crippen molar-refractivity contribution in [1.29, 1.82) is 0 Å². The van der Waals surface area contributed by atoms with Crippen LogP contribution in [0.15, 0.2) is 28.8 Å². The van der Waals surface area contributed by atoms with E-state index in [2.05, 4.69) is 10.1 Å². The second-order valence-electron chi connectivity index (χ2n) is 3.28. The Balaban J connectivity index is 2.04. The molecule has 1 aromatic heterocycles. The number of hydrogen-bond donors (Lipinski definition) is 1. The number of aryl methyl sites for hydroxylation is 1. The monoisotopic (exact) mass is 220 g/mol. The minimum atomic E-state index is -0.0541. The van der Waals surface area contributed by atoms with Crippen LogP contribution >= 0.6 is 0 Å². The minimum absolute atomic E-state index is 0.0541. The normalized spacial score (nSPS) is 10.4. The average Bonchev–Trinajstić information content (AvgIpc) is 2.73. The van der Waals surface area contributed by atoms with E-state index in [9.17, 15) is 0 Å². The van der Waals surface area contributed by atoms with E-state index < -0.39 is 0 Å². The number of aliphatic hydroxyl groups excluding tert-OH is 1. The molecule has 0 amide bonds. The number of aliphatic hydroxyl groups is 1. The summed E-state index contributed by atoms with van der Waals surface area (Å²) < 4.78 is 10.3. The van der Waals surface area contributed by atoms with Crippen LogP contribution in [-0.2, 0) is 13.2 Å². The molecule has 0 atom stereocenters. The van der Waals surface area contributed by atoms with Crippen LogP contribution in [0.3, 0.4) is 0 Å². The number of rotatable bonds is 4. The van der Waals surface area contributed by atoms with Crippen LogP contribution in [0.1, 0.15) is 17.3 Å². The summed E-state index contributed by atoms with van der Waals surface area (Å²) in [5.74, 6) is 1.63.